The number of hydrogen-bond donors (Lipinski definition) is 1. The smallest absolute Gasteiger partial charge is 0.243 e. The summed E-state index contributed by atoms with van der Waals surface area (Å²) in [5.74, 6) is 1.97. The summed E-state index contributed by atoms with van der Waals surface area (Å²) in [6, 6.07) is 5.34. The van der Waals surface area contributed by atoms with Crippen LogP contribution in [-0.2, 0) is 14.8 Å². The zero-order chi connectivity index (χ0) is 25.9. The summed E-state index contributed by atoms with van der Waals surface area (Å²) >= 11 is 5.88. The molecule has 1 aliphatic rings. The number of sulfonamides is 1. The maximum absolute atomic E-state index is 13.5. The molecule has 13 heteroatoms. The minimum atomic E-state index is -4.06. The topological polar surface area (TPSA) is 130 Å². The normalized spacial score (nSPS) is 16.0. The van der Waals surface area contributed by atoms with E-state index in [1.807, 2.05) is 0 Å². The Morgan fingerprint density at radius 3 is 2.22 bits per heavy atom. The standard InChI is InChI=1S/C23H29ClN6O5S/c1-14(20(35-4)21-25-12-16(24)13-26-21)36(31,32)29-23-28-27-22(15-8-5-6-9-15)30(23)19-17(33-2)10-7-11-18(19)34-3/h7,10-15,20H,5-6,8-9H2,1-4H3,(H,28,29)/t14?,20-/m0/s1. The third-order valence-electron chi connectivity index (χ3n) is 6.33. The molecule has 1 fully saturated rings. The lowest BCUT2D eigenvalue weighted by Gasteiger charge is -2.23. The average molecular weight is 537 g/mol. The van der Waals surface area contributed by atoms with Crippen molar-refractivity contribution in [1.82, 2.24) is 24.7 Å². The Balaban J connectivity index is 1.77. The number of aromatic nitrogens is 5. The van der Waals surface area contributed by atoms with Crippen molar-refractivity contribution < 1.29 is 22.6 Å². The SMILES string of the molecule is COc1cccc(OC)c1-n1c(NS(=O)(=O)C(C)[C@H](OC)c2ncc(Cl)cn2)nnc1C1CCCC1. The lowest BCUT2D eigenvalue weighted by molar-refractivity contribution is 0.0950. The van der Waals surface area contributed by atoms with Crippen LogP contribution in [0, 0.1) is 0 Å². The van der Waals surface area contributed by atoms with Gasteiger partial charge in [0.1, 0.15) is 34.4 Å². The molecule has 1 N–H and O–H groups in total. The molecule has 3 aromatic rings. The van der Waals surface area contributed by atoms with Gasteiger partial charge in [-0.1, -0.05) is 30.5 Å². The van der Waals surface area contributed by atoms with Crippen molar-refractivity contribution in [3.05, 3.63) is 47.3 Å². The van der Waals surface area contributed by atoms with Gasteiger partial charge in [-0.3, -0.25) is 9.29 Å². The quantitative estimate of drug-likeness (QED) is 0.409. The van der Waals surface area contributed by atoms with Gasteiger partial charge in [0.25, 0.3) is 0 Å². The number of methoxy groups -OCH3 is 3. The monoisotopic (exact) mass is 536 g/mol. The molecule has 36 heavy (non-hydrogen) atoms. The largest absolute Gasteiger partial charge is 0.494 e. The van der Waals surface area contributed by atoms with Gasteiger partial charge in [0.15, 0.2) is 5.82 Å². The van der Waals surface area contributed by atoms with Crippen LogP contribution in [0.5, 0.6) is 11.5 Å². The van der Waals surface area contributed by atoms with E-state index in [9.17, 15) is 8.42 Å². The van der Waals surface area contributed by atoms with Gasteiger partial charge in [-0.2, -0.15) is 0 Å². The van der Waals surface area contributed by atoms with E-state index in [0.717, 1.165) is 25.7 Å². The first kappa shape index (κ1) is 26.1. The number of rotatable bonds is 10. The summed E-state index contributed by atoms with van der Waals surface area (Å²) in [4.78, 5) is 8.26. The molecule has 4 rings (SSSR count). The Hall–Kier alpha value is -2.96. The number of para-hydroxylation sites is 1. The zero-order valence-corrected chi connectivity index (χ0v) is 22.1. The molecule has 1 unspecified atom stereocenters. The van der Waals surface area contributed by atoms with Crippen molar-refractivity contribution in [2.45, 2.75) is 49.9 Å². The highest BCUT2D eigenvalue weighted by molar-refractivity contribution is 7.93. The highest BCUT2D eigenvalue weighted by Crippen LogP contribution is 2.40. The van der Waals surface area contributed by atoms with E-state index in [1.54, 1.807) is 37.0 Å². The second-order valence-electron chi connectivity index (χ2n) is 8.48. The van der Waals surface area contributed by atoms with E-state index < -0.39 is 21.4 Å². The maximum atomic E-state index is 13.5. The van der Waals surface area contributed by atoms with Crippen LogP contribution in [0.2, 0.25) is 5.02 Å². The van der Waals surface area contributed by atoms with Gasteiger partial charge in [-0.15, -0.1) is 10.2 Å². The summed E-state index contributed by atoms with van der Waals surface area (Å²) in [6.45, 7) is 1.51. The Morgan fingerprint density at radius 1 is 1.06 bits per heavy atom. The molecule has 2 heterocycles. The van der Waals surface area contributed by atoms with Crippen molar-refractivity contribution in [2.75, 3.05) is 26.1 Å². The second kappa shape index (κ2) is 11.0. The summed E-state index contributed by atoms with van der Waals surface area (Å²) < 4.78 is 48.1. The van der Waals surface area contributed by atoms with Gasteiger partial charge in [0.05, 0.1) is 19.2 Å². The molecule has 2 aromatic heterocycles. The number of hydrogen-bond acceptors (Lipinski definition) is 9. The van der Waals surface area contributed by atoms with E-state index in [1.165, 1.54) is 26.4 Å². The van der Waals surface area contributed by atoms with E-state index in [4.69, 9.17) is 25.8 Å². The summed E-state index contributed by atoms with van der Waals surface area (Å²) in [7, 11) is 0.424. The summed E-state index contributed by atoms with van der Waals surface area (Å²) in [6.07, 6.45) is 5.81. The highest BCUT2D eigenvalue weighted by atomic mass is 35.5. The molecule has 0 bridgehead atoms. The van der Waals surface area contributed by atoms with Crippen molar-refractivity contribution in [3.63, 3.8) is 0 Å². The van der Waals surface area contributed by atoms with Gasteiger partial charge in [-0.05, 0) is 31.9 Å². The predicted octanol–water partition coefficient (Wildman–Crippen LogP) is 3.90. The van der Waals surface area contributed by atoms with Crippen molar-refractivity contribution >= 4 is 27.6 Å². The van der Waals surface area contributed by atoms with Gasteiger partial charge in [0, 0.05) is 25.4 Å². The van der Waals surface area contributed by atoms with Crippen molar-refractivity contribution in [1.29, 1.82) is 0 Å². The molecule has 11 nitrogen and oxygen atoms in total. The van der Waals surface area contributed by atoms with Gasteiger partial charge in [0.2, 0.25) is 16.0 Å². The molecule has 1 aliphatic carbocycles. The molecular weight excluding hydrogens is 508 g/mol. The van der Waals surface area contributed by atoms with Crippen molar-refractivity contribution in [2.24, 2.45) is 0 Å². The first-order chi connectivity index (χ1) is 17.3. The van der Waals surface area contributed by atoms with Crippen LogP contribution < -0.4 is 14.2 Å². The van der Waals surface area contributed by atoms with Gasteiger partial charge < -0.3 is 14.2 Å². The predicted molar refractivity (Wildman–Crippen MR) is 134 cm³/mol. The fourth-order valence-corrected chi connectivity index (χ4v) is 5.67. The van der Waals surface area contributed by atoms with Crippen LogP contribution >= 0.6 is 11.6 Å². The molecule has 2 atom stereocenters. The molecule has 0 spiro atoms. The number of benzene rings is 1. The van der Waals surface area contributed by atoms with Crippen LogP contribution in [0.25, 0.3) is 5.69 Å². The van der Waals surface area contributed by atoms with Crippen LogP contribution in [0.4, 0.5) is 5.95 Å². The maximum Gasteiger partial charge on any atom is 0.243 e. The zero-order valence-electron chi connectivity index (χ0n) is 20.5. The van der Waals surface area contributed by atoms with Gasteiger partial charge >= 0.3 is 0 Å². The number of ether oxygens (including phenoxy) is 3. The van der Waals surface area contributed by atoms with Crippen LogP contribution in [0.1, 0.15) is 56.3 Å². The van der Waals surface area contributed by atoms with Crippen LogP contribution in [0.3, 0.4) is 0 Å². The summed E-state index contributed by atoms with van der Waals surface area (Å²) in [5.41, 5.74) is 0.518. The minimum Gasteiger partial charge on any atom is -0.494 e. The van der Waals surface area contributed by atoms with E-state index in [0.29, 0.717) is 28.0 Å². The molecule has 0 radical (unpaired) electrons. The minimum absolute atomic E-state index is 0.0263. The Kier molecular flexibility index (Phi) is 7.96. The van der Waals surface area contributed by atoms with E-state index in [-0.39, 0.29) is 17.7 Å². The molecule has 194 valence electrons. The fourth-order valence-electron chi connectivity index (χ4n) is 4.44. The van der Waals surface area contributed by atoms with Gasteiger partial charge in [-0.25, -0.2) is 18.4 Å². The first-order valence-corrected chi connectivity index (χ1v) is 13.4. The third kappa shape index (κ3) is 5.11. The van der Waals surface area contributed by atoms with E-state index >= 15 is 0 Å². The molecule has 1 saturated carbocycles. The molecule has 0 saturated heterocycles. The molecule has 0 aliphatic heterocycles. The lowest BCUT2D eigenvalue weighted by atomic mass is 10.1. The number of nitrogens with zero attached hydrogens (tertiary/aromatic N) is 5. The number of nitrogens with one attached hydrogen (secondary N) is 1. The highest BCUT2D eigenvalue weighted by Gasteiger charge is 2.36. The van der Waals surface area contributed by atoms with Crippen molar-refractivity contribution in [3.8, 4) is 17.2 Å². The Bertz CT molecular complexity index is 1270. The Morgan fingerprint density at radius 2 is 1.67 bits per heavy atom. The van der Waals surface area contributed by atoms with E-state index in [2.05, 4.69) is 24.9 Å². The number of halogens is 1. The lowest BCUT2D eigenvalue weighted by Crippen LogP contribution is -2.33. The van der Waals surface area contributed by atoms with Crippen LogP contribution in [-0.4, -0.2) is 59.7 Å². The molecule has 1 aromatic carbocycles. The number of anilines is 1. The summed E-state index contributed by atoms with van der Waals surface area (Å²) in [5, 5.41) is 7.91. The van der Waals surface area contributed by atoms with Crippen LogP contribution in [0.15, 0.2) is 30.6 Å². The average Bonchev–Trinajstić information content (AvgIpc) is 3.54. The fraction of sp³-hybridized carbons (Fsp3) is 0.478. The third-order valence-corrected chi connectivity index (χ3v) is 8.22. The molecule has 0 amide bonds. The Labute approximate surface area is 215 Å². The molecular formula is C23H29ClN6O5S. The first-order valence-electron chi connectivity index (χ1n) is 11.5. The second-order valence-corrected chi connectivity index (χ2v) is 11.0.